The minimum Gasteiger partial charge on any atom is -0.493 e. The van der Waals surface area contributed by atoms with Crippen molar-refractivity contribution in [2.45, 2.75) is 18.4 Å². The maximum absolute atomic E-state index is 12.4. The fraction of sp³-hybridized carbons (Fsp3) is 0.318. The van der Waals surface area contributed by atoms with Crippen LogP contribution >= 0.6 is 11.6 Å². The Morgan fingerprint density at radius 1 is 1.14 bits per heavy atom. The number of ether oxygens (including phenoxy) is 3. The number of allylic oxidation sites excluding steroid dienone is 2. The summed E-state index contributed by atoms with van der Waals surface area (Å²) in [7, 11) is 4.67. The average molecular weight is 400 g/mol. The van der Waals surface area contributed by atoms with Gasteiger partial charge in [-0.25, -0.2) is 4.79 Å². The van der Waals surface area contributed by atoms with Gasteiger partial charge in [0.1, 0.15) is 0 Å². The summed E-state index contributed by atoms with van der Waals surface area (Å²) >= 11 is 6.54. The Bertz CT molecular complexity index is 956. The fourth-order valence-electron chi connectivity index (χ4n) is 4.43. The fourth-order valence-corrected chi connectivity index (χ4v) is 4.65. The zero-order valence-corrected chi connectivity index (χ0v) is 16.7. The Balaban J connectivity index is 1.88. The summed E-state index contributed by atoms with van der Waals surface area (Å²) in [5.74, 6) is 1.31. The number of methoxy groups -OCH3 is 3. The van der Waals surface area contributed by atoms with Crippen LogP contribution in [-0.4, -0.2) is 27.3 Å². The molecule has 1 heterocycles. The molecule has 28 heavy (non-hydrogen) atoms. The third-order valence-corrected chi connectivity index (χ3v) is 5.96. The highest BCUT2D eigenvalue weighted by atomic mass is 35.5. The van der Waals surface area contributed by atoms with Gasteiger partial charge in [-0.3, -0.25) is 0 Å². The van der Waals surface area contributed by atoms with E-state index in [0.29, 0.717) is 22.1 Å². The zero-order chi connectivity index (χ0) is 19.8. The molecule has 0 aromatic heterocycles. The minimum absolute atomic E-state index is 0.0389. The van der Waals surface area contributed by atoms with E-state index in [4.69, 9.17) is 25.8 Å². The van der Waals surface area contributed by atoms with Crippen LogP contribution in [0, 0.1) is 5.92 Å². The number of para-hydroxylation sites is 1. The van der Waals surface area contributed by atoms with E-state index >= 15 is 0 Å². The van der Waals surface area contributed by atoms with Gasteiger partial charge in [0.05, 0.1) is 43.6 Å². The van der Waals surface area contributed by atoms with Gasteiger partial charge < -0.3 is 19.5 Å². The lowest BCUT2D eigenvalue weighted by atomic mass is 9.75. The zero-order valence-electron chi connectivity index (χ0n) is 16.0. The predicted molar refractivity (Wildman–Crippen MR) is 109 cm³/mol. The highest BCUT2D eigenvalue weighted by molar-refractivity contribution is 6.33. The SMILES string of the molecule is COC(=O)c1ccc(Cl)c2c1[C@@H]1C=CC[C@@H]1[C@H](c1cccc(OC)c1OC)N2. The molecule has 5 nitrogen and oxygen atoms in total. The van der Waals surface area contributed by atoms with Crippen LogP contribution in [-0.2, 0) is 4.74 Å². The first-order chi connectivity index (χ1) is 13.6. The van der Waals surface area contributed by atoms with Gasteiger partial charge in [0.2, 0.25) is 0 Å². The number of anilines is 1. The smallest absolute Gasteiger partial charge is 0.338 e. The van der Waals surface area contributed by atoms with Crippen LogP contribution in [0.3, 0.4) is 0 Å². The summed E-state index contributed by atoms with van der Waals surface area (Å²) in [6, 6.07) is 9.31. The van der Waals surface area contributed by atoms with Crippen LogP contribution in [0.25, 0.3) is 0 Å². The van der Waals surface area contributed by atoms with E-state index in [2.05, 4.69) is 17.5 Å². The van der Waals surface area contributed by atoms with Gasteiger partial charge in [-0.15, -0.1) is 0 Å². The lowest BCUT2D eigenvalue weighted by molar-refractivity contribution is 0.0598. The minimum atomic E-state index is -0.355. The number of hydrogen-bond acceptors (Lipinski definition) is 5. The molecule has 0 amide bonds. The Morgan fingerprint density at radius 2 is 1.96 bits per heavy atom. The molecule has 2 aromatic rings. The second-order valence-corrected chi connectivity index (χ2v) is 7.34. The van der Waals surface area contributed by atoms with E-state index in [-0.39, 0.29) is 23.8 Å². The monoisotopic (exact) mass is 399 g/mol. The van der Waals surface area contributed by atoms with Gasteiger partial charge in [0.15, 0.2) is 11.5 Å². The second kappa shape index (κ2) is 7.40. The van der Waals surface area contributed by atoms with Crippen molar-refractivity contribution in [2.24, 2.45) is 5.92 Å². The molecule has 0 unspecified atom stereocenters. The summed E-state index contributed by atoms with van der Waals surface area (Å²) in [5.41, 5.74) is 3.22. The topological polar surface area (TPSA) is 56.8 Å². The van der Waals surface area contributed by atoms with Gasteiger partial charge in [-0.2, -0.15) is 0 Å². The number of halogens is 1. The molecule has 1 aliphatic heterocycles. The largest absolute Gasteiger partial charge is 0.493 e. The molecule has 4 rings (SSSR count). The van der Waals surface area contributed by atoms with Crippen LogP contribution in [0.15, 0.2) is 42.5 Å². The predicted octanol–water partition coefficient (Wildman–Crippen LogP) is 4.97. The first-order valence-corrected chi connectivity index (χ1v) is 9.53. The first-order valence-electron chi connectivity index (χ1n) is 9.15. The van der Waals surface area contributed by atoms with Crippen LogP contribution in [0.4, 0.5) is 5.69 Å². The standard InChI is InChI=1S/C22H22ClNO4/c1-26-17-9-5-8-15(21(17)27-2)19-13-7-4-6-12(13)18-14(22(25)28-3)10-11-16(23)20(18)24-19/h4-6,8-13,19,24H,7H2,1-3H3/t12-,13+,19-/m1/s1. The van der Waals surface area contributed by atoms with Gasteiger partial charge in [-0.05, 0) is 36.1 Å². The summed E-state index contributed by atoms with van der Waals surface area (Å²) in [6.07, 6.45) is 5.20. The number of fused-ring (bicyclic) bond motifs is 3. The number of hydrogen-bond donors (Lipinski definition) is 1. The molecular formula is C22H22ClNO4. The third-order valence-electron chi connectivity index (χ3n) is 5.64. The highest BCUT2D eigenvalue weighted by Crippen LogP contribution is 2.54. The van der Waals surface area contributed by atoms with Crippen molar-refractivity contribution in [1.82, 2.24) is 0 Å². The maximum atomic E-state index is 12.4. The number of carbonyl (C=O) groups excluding carboxylic acids is 1. The van der Waals surface area contributed by atoms with Crippen LogP contribution < -0.4 is 14.8 Å². The third kappa shape index (κ3) is 2.81. The van der Waals surface area contributed by atoms with Gasteiger partial charge in [0.25, 0.3) is 0 Å². The molecule has 0 radical (unpaired) electrons. The molecule has 146 valence electrons. The van der Waals surface area contributed by atoms with E-state index in [0.717, 1.165) is 23.2 Å². The molecule has 6 heteroatoms. The molecule has 2 aliphatic rings. The highest BCUT2D eigenvalue weighted by Gasteiger charge is 2.42. The summed E-state index contributed by atoms with van der Waals surface area (Å²) in [5, 5.41) is 4.16. The molecule has 0 saturated heterocycles. The molecule has 3 atom stereocenters. The Kier molecular flexibility index (Phi) is 4.94. The Morgan fingerprint density at radius 3 is 2.68 bits per heavy atom. The molecule has 0 saturated carbocycles. The van der Waals surface area contributed by atoms with E-state index in [1.54, 1.807) is 26.4 Å². The maximum Gasteiger partial charge on any atom is 0.338 e. The second-order valence-electron chi connectivity index (χ2n) is 6.93. The van der Waals surface area contributed by atoms with Crippen molar-refractivity contribution in [3.8, 4) is 11.5 Å². The van der Waals surface area contributed by atoms with Crippen LogP contribution in [0.5, 0.6) is 11.5 Å². The molecule has 0 spiro atoms. The van der Waals surface area contributed by atoms with E-state index in [1.807, 2.05) is 18.2 Å². The number of benzene rings is 2. The van der Waals surface area contributed by atoms with Crippen molar-refractivity contribution in [3.63, 3.8) is 0 Å². The molecule has 2 aromatic carbocycles. The van der Waals surface area contributed by atoms with E-state index in [1.165, 1.54) is 7.11 Å². The summed E-state index contributed by atoms with van der Waals surface area (Å²) in [4.78, 5) is 12.4. The molecule has 0 bridgehead atoms. The van der Waals surface area contributed by atoms with Crippen LogP contribution in [0.2, 0.25) is 5.02 Å². The number of carbonyl (C=O) groups is 1. The molecule has 1 N–H and O–H groups in total. The number of nitrogens with one attached hydrogen (secondary N) is 1. The molecule has 1 aliphatic carbocycles. The Labute approximate surface area is 169 Å². The Hall–Kier alpha value is -2.66. The normalized spacial score (nSPS) is 22.1. The summed E-state index contributed by atoms with van der Waals surface area (Å²) in [6.45, 7) is 0. The average Bonchev–Trinajstić information content (AvgIpc) is 3.22. The van der Waals surface area contributed by atoms with Gasteiger partial charge in [-0.1, -0.05) is 35.9 Å². The quantitative estimate of drug-likeness (QED) is 0.581. The molecular weight excluding hydrogens is 378 g/mol. The molecule has 0 fully saturated rings. The summed E-state index contributed by atoms with van der Waals surface area (Å²) < 4.78 is 16.2. The van der Waals surface area contributed by atoms with Crippen molar-refractivity contribution < 1.29 is 19.0 Å². The van der Waals surface area contributed by atoms with Crippen LogP contribution in [0.1, 0.15) is 39.9 Å². The van der Waals surface area contributed by atoms with Crippen molar-refractivity contribution >= 4 is 23.3 Å². The van der Waals surface area contributed by atoms with Gasteiger partial charge >= 0.3 is 5.97 Å². The number of rotatable bonds is 4. The lowest BCUT2D eigenvalue weighted by Crippen LogP contribution is -2.31. The van der Waals surface area contributed by atoms with Gasteiger partial charge in [0, 0.05) is 11.5 Å². The number of esters is 1. The lowest BCUT2D eigenvalue weighted by Gasteiger charge is -2.39. The first kappa shape index (κ1) is 18.7. The van der Waals surface area contributed by atoms with E-state index < -0.39 is 0 Å². The van der Waals surface area contributed by atoms with Crippen molar-refractivity contribution in [1.29, 1.82) is 0 Å². The van der Waals surface area contributed by atoms with Crippen molar-refractivity contribution in [2.75, 3.05) is 26.6 Å². The van der Waals surface area contributed by atoms with Crippen molar-refractivity contribution in [3.05, 3.63) is 64.2 Å². The van der Waals surface area contributed by atoms with E-state index in [9.17, 15) is 4.79 Å².